The van der Waals surface area contributed by atoms with Crippen molar-refractivity contribution in [1.82, 2.24) is 0 Å². The van der Waals surface area contributed by atoms with Gasteiger partial charge in [-0.25, -0.2) is 0 Å². The van der Waals surface area contributed by atoms with Crippen LogP contribution < -0.4 is 0 Å². The van der Waals surface area contributed by atoms with Crippen LogP contribution in [0.5, 0.6) is 0 Å². The number of allylic oxidation sites excluding steroid dienone is 2. The molecule has 1 aromatic rings. The van der Waals surface area contributed by atoms with Crippen LogP contribution in [0.25, 0.3) is 0 Å². The van der Waals surface area contributed by atoms with E-state index in [-0.39, 0.29) is 0 Å². The van der Waals surface area contributed by atoms with E-state index in [0.717, 1.165) is 24.7 Å². The van der Waals surface area contributed by atoms with Crippen molar-refractivity contribution in [2.75, 3.05) is 13.2 Å². The highest BCUT2D eigenvalue weighted by Crippen LogP contribution is 2.37. The second kappa shape index (κ2) is 12.7. The first-order valence-corrected chi connectivity index (χ1v) is 10.5. The highest BCUT2D eigenvalue weighted by Gasteiger charge is 2.21. The quantitative estimate of drug-likeness (QED) is 0.325. The molecule has 1 aliphatic carbocycles. The molecule has 0 aliphatic heterocycles. The highest BCUT2D eigenvalue weighted by atomic mass is 16.5. The lowest BCUT2D eigenvalue weighted by atomic mass is 9.77. The number of ether oxygens (including phenoxy) is 1. The Labute approximate surface area is 160 Å². The average molecular weight is 354 g/mol. The van der Waals surface area contributed by atoms with Crippen LogP contribution in [0.1, 0.15) is 88.2 Å². The minimum atomic E-state index is 0.692. The summed E-state index contributed by atoms with van der Waals surface area (Å²) in [6.45, 7) is 3.95. The molecule has 0 heterocycles. The van der Waals surface area contributed by atoms with Crippen LogP contribution >= 0.6 is 0 Å². The van der Waals surface area contributed by atoms with Crippen molar-refractivity contribution >= 4 is 0 Å². The van der Waals surface area contributed by atoms with Crippen molar-refractivity contribution in [2.24, 2.45) is 5.92 Å². The Kier molecular flexibility index (Phi) is 10.1. The molecule has 2 heteroatoms. The number of hydrogen-bond donors (Lipinski definition) is 0. The number of unbranched alkanes of at least 4 members (excludes halogenated alkanes) is 3. The first-order chi connectivity index (χ1) is 12.8. The molecule has 0 N–H and O–H groups in total. The van der Waals surface area contributed by atoms with Gasteiger partial charge in [0, 0.05) is 13.2 Å². The third kappa shape index (κ3) is 7.75. The van der Waals surface area contributed by atoms with E-state index < -0.39 is 0 Å². The van der Waals surface area contributed by atoms with Crippen LogP contribution in [0.2, 0.25) is 0 Å². The van der Waals surface area contributed by atoms with Crippen LogP contribution in [0.15, 0.2) is 36.4 Å². The molecule has 142 valence electrons. The summed E-state index contributed by atoms with van der Waals surface area (Å²) in [4.78, 5) is 0. The Morgan fingerprint density at radius 1 is 1.00 bits per heavy atom. The van der Waals surface area contributed by atoms with E-state index in [1.807, 2.05) is 12.1 Å². The molecule has 0 amide bonds. The average Bonchev–Trinajstić information content (AvgIpc) is 2.70. The van der Waals surface area contributed by atoms with Crippen LogP contribution in [0.3, 0.4) is 0 Å². The lowest BCUT2D eigenvalue weighted by Gasteiger charge is -2.28. The van der Waals surface area contributed by atoms with Gasteiger partial charge in [0.25, 0.3) is 0 Å². The molecular weight excluding hydrogens is 318 g/mol. The van der Waals surface area contributed by atoms with Gasteiger partial charge < -0.3 is 4.74 Å². The summed E-state index contributed by atoms with van der Waals surface area (Å²) in [5.41, 5.74) is 2.18. The molecule has 1 aromatic carbocycles. The lowest BCUT2D eigenvalue weighted by Crippen LogP contribution is -2.14. The molecule has 2 rings (SSSR count). The van der Waals surface area contributed by atoms with E-state index in [9.17, 15) is 0 Å². The normalized spacial score (nSPS) is 20.3. The third-order valence-corrected chi connectivity index (χ3v) is 5.65. The van der Waals surface area contributed by atoms with Crippen LogP contribution in [-0.2, 0) is 4.74 Å². The number of rotatable bonds is 11. The molecule has 0 aromatic heterocycles. The van der Waals surface area contributed by atoms with Crippen molar-refractivity contribution in [3.63, 3.8) is 0 Å². The Bertz CT molecular complexity index is 547. The molecular formula is C24H35NO. The zero-order chi connectivity index (χ0) is 18.5. The maximum absolute atomic E-state index is 8.91. The van der Waals surface area contributed by atoms with Crippen LogP contribution in [-0.4, -0.2) is 13.2 Å². The Morgan fingerprint density at radius 2 is 1.73 bits per heavy atom. The summed E-state index contributed by atoms with van der Waals surface area (Å²) >= 11 is 0. The zero-order valence-corrected chi connectivity index (χ0v) is 16.5. The minimum absolute atomic E-state index is 0.692. The van der Waals surface area contributed by atoms with Gasteiger partial charge in [-0.2, -0.15) is 5.26 Å². The fraction of sp³-hybridized carbons (Fsp3) is 0.625. The van der Waals surface area contributed by atoms with E-state index in [1.54, 1.807) is 0 Å². The Hall–Kier alpha value is -1.59. The van der Waals surface area contributed by atoms with Gasteiger partial charge in [0.2, 0.25) is 0 Å². The number of hydrogen-bond acceptors (Lipinski definition) is 2. The van der Waals surface area contributed by atoms with Crippen molar-refractivity contribution in [3.8, 4) is 6.07 Å². The summed E-state index contributed by atoms with van der Waals surface area (Å²) < 4.78 is 5.80. The topological polar surface area (TPSA) is 33.0 Å². The second-order valence-corrected chi connectivity index (χ2v) is 7.62. The lowest BCUT2D eigenvalue weighted by molar-refractivity contribution is 0.120. The van der Waals surface area contributed by atoms with Gasteiger partial charge in [0.1, 0.15) is 0 Å². The summed E-state index contributed by atoms with van der Waals surface area (Å²) in [5, 5.41) is 8.91. The molecule has 26 heavy (non-hydrogen) atoms. The number of benzene rings is 1. The van der Waals surface area contributed by atoms with Gasteiger partial charge >= 0.3 is 0 Å². The second-order valence-electron chi connectivity index (χ2n) is 7.62. The minimum Gasteiger partial charge on any atom is -0.381 e. The number of nitriles is 1. The molecule has 0 atom stereocenters. The summed E-state index contributed by atoms with van der Waals surface area (Å²) in [6, 6.07) is 10.4. The predicted molar refractivity (Wildman–Crippen MR) is 109 cm³/mol. The van der Waals surface area contributed by atoms with Crippen molar-refractivity contribution in [2.45, 2.75) is 77.0 Å². The molecule has 0 unspecified atom stereocenters. The molecule has 0 saturated heterocycles. The maximum Gasteiger partial charge on any atom is 0.0991 e. The van der Waals surface area contributed by atoms with E-state index in [2.05, 4.69) is 37.3 Å². The Morgan fingerprint density at radius 3 is 2.42 bits per heavy atom. The predicted octanol–water partition coefficient (Wildman–Crippen LogP) is 6.77. The molecule has 0 radical (unpaired) electrons. The fourth-order valence-electron chi connectivity index (χ4n) is 4.00. The maximum atomic E-state index is 8.91. The Balaban J connectivity index is 1.49. The van der Waals surface area contributed by atoms with E-state index in [0.29, 0.717) is 5.92 Å². The SMILES string of the molecule is C/C=C/CCCCCOCCCC1CCC(c2ccc(C#N)cc2)CC1. The summed E-state index contributed by atoms with van der Waals surface area (Å²) in [6.07, 6.45) is 17.2. The van der Waals surface area contributed by atoms with Crippen molar-refractivity contribution in [1.29, 1.82) is 5.26 Å². The number of nitrogens with zero attached hydrogens (tertiary/aromatic N) is 1. The molecule has 1 saturated carbocycles. The van der Waals surface area contributed by atoms with Crippen molar-refractivity contribution < 1.29 is 4.74 Å². The van der Waals surface area contributed by atoms with Crippen molar-refractivity contribution in [3.05, 3.63) is 47.5 Å². The van der Waals surface area contributed by atoms with Crippen LogP contribution in [0, 0.1) is 17.2 Å². The van der Waals surface area contributed by atoms with Gasteiger partial charge in [-0.05, 0) is 94.2 Å². The van der Waals surface area contributed by atoms with E-state index in [1.165, 1.54) is 69.8 Å². The van der Waals surface area contributed by atoms with Gasteiger partial charge in [-0.3, -0.25) is 0 Å². The van der Waals surface area contributed by atoms with Crippen LogP contribution in [0.4, 0.5) is 0 Å². The monoisotopic (exact) mass is 353 g/mol. The third-order valence-electron chi connectivity index (χ3n) is 5.65. The standard InChI is InChI=1S/C24H35NO/c1-2-3-4-5-6-7-18-26-19-8-9-21-10-14-23(15-11-21)24-16-12-22(20-25)13-17-24/h2-3,12-13,16-17,21,23H,4-11,14-15,18-19H2,1H3/b3-2+. The first-order valence-electron chi connectivity index (χ1n) is 10.5. The zero-order valence-electron chi connectivity index (χ0n) is 16.5. The molecule has 0 bridgehead atoms. The largest absolute Gasteiger partial charge is 0.381 e. The molecule has 1 fully saturated rings. The molecule has 0 spiro atoms. The van der Waals surface area contributed by atoms with Gasteiger partial charge in [-0.1, -0.05) is 30.7 Å². The highest BCUT2D eigenvalue weighted by molar-refractivity contribution is 5.33. The molecule has 2 nitrogen and oxygen atoms in total. The van der Waals surface area contributed by atoms with E-state index >= 15 is 0 Å². The molecule has 1 aliphatic rings. The van der Waals surface area contributed by atoms with Gasteiger partial charge in [0.15, 0.2) is 0 Å². The fourth-order valence-corrected chi connectivity index (χ4v) is 4.00. The summed E-state index contributed by atoms with van der Waals surface area (Å²) in [5.74, 6) is 1.58. The van der Waals surface area contributed by atoms with Gasteiger partial charge in [0.05, 0.1) is 11.6 Å². The smallest absolute Gasteiger partial charge is 0.0991 e. The van der Waals surface area contributed by atoms with Gasteiger partial charge in [-0.15, -0.1) is 0 Å². The first kappa shape index (κ1) is 20.7. The van der Waals surface area contributed by atoms with E-state index in [4.69, 9.17) is 10.00 Å². The summed E-state index contributed by atoms with van der Waals surface area (Å²) in [7, 11) is 0.